The van der Waals surface area contributed by atoms with Crippen molar-refractivity contribution < 1.29 is 4.74 Å². The fraction of sp³-hybridized carbons (Fsp3) is 0.0909. The Morgan fingerprint density at radius 3 is 2.41 bits per heavy atom. The number of hydrogen-bond acceptors (Lipinski definition) is 4. The second-order valence-corrected chi connectivity index (χ2v) is 7.32. The molecule has 7 heteroatoms. The number of nitriles is 1. The Kier molecular flexibility index (Phi) is 7.37. The van der Waals surface area contributed by atoms with Crippen molar-refractivity contribution in [2.45, 2.75) is 13.2 Å². The summed E-state index contributed by atoms with van der Waals surface area (Å²) in [5.74, 6) is 0.639. The third-order valence-electron chi connectivity index (χ3n) is 4.06. The van der Waals surface area contributed by atoms with E-state index in [2.05, 4.69) is 16.6 Å². The predicted octanol–water partition coefficient (Wildman–Crippen LogP) is 6.22. The number of benzene rings is 3. The van der Waals surface area contributed by atoms with Gasteiger partial charge in [-0.25, -0.2) is 0 Å². The zero-order valence-corrected chi connectivity index (χ0v) is 17.5. The molecule has 0 aliphatic carbocycles. The zero-order chi connectivity index (χ0) is 20.6. The highest BCUT2D eigenvalue weighted by atomic mass is 35.5. The summed E-state index contributed by atoms with van der Waals surface area (Å²) in [6, 6.07) is 20.0. The van der Waals surface area contributed by atoms with Crippen molar-refractivity contribution in [2.24, 2.45) is 5.10 Å². The summed E-state index contributed by atoms with van der Waals surface area (Å²) >= 11 is 18.4. The Hall–Kier alpha value is -2.71. The average molecular weight is 445 g/mol. The van der Waals surface area contributed by atoms with E-state index >= 15 is 0 Å². The summed E-state index contributed by atoms with van der Waals surface area (Å²) in [6.45, 7) is 0.744. The molecule has 4 nitrogen and oxygen atoms in total. The molecule has 1 N–H and O–H groups in total. The van der Waals surface area contributed by atoms with E-state index < -0.39 is 0 Å². The van der Waals surface area contributed by atoms with Crippen LogP contribution in [0.1, 0.15) is 22.3 Å². The van der Waals surface area contributed by atoms with Gasteiger partial charge in [-0.05, 0) is 48.0 Å². The van der Waals surface area contributed by atoms with Crippen LogP contribution in [0.3, 0.4) is 0 Å². The van der Waals surface area contributed by atoms with Gasteiger partial charge in [-0.15, -0.1) is 0 Å². The molecule has 0 amide bonds. The van der Waals surface area contributed by atoms with Crippen LogP contribution in [0, 0.1) is 11.3 Å². The highest BCUT2D eigenvalue weighted by Gasteiger charge is 2.06. The smallest absolute Gasteiger partial charge is 0.128 e. The van der Waals surface area contributed by atoms with E-state index in [0.717, 1.165) is 16.7 Å². The summed E-state index contributed by atoms with van der Waals surface area (Å²) in [5.41, 5.74) is 6.00. The number of ether oxygens (including phenoxy) is 1. The predicted molar refractivity (Wildman–Crippen MR) is 118 cm³/mol. The Labute approximate surface area is 184 Å². The minimum absolute atomic E-state index is 0.358. The highest BCUT2D eigenvalue weighted by Crippen LogP contribution is 2.24. The lowest BCUT2D eigenvalue weighted by molar-refractivity contribution is 0.306. The molecule has 0 aromatic heterocycles. The van der Waals surface area contributed by atoms with Crippen LogP contribution in [0.5, 0.6) is 5.75 Å². The van der Waals surface area contributed by atoms with Gasteiger partial charge < -0.3 is 10.2 Å². The van der Waals surface area contributed by atoms with Crippen LogP contribution in [0.4, 0.5) is 0 Å². The molecule has 0 spiro atoms. The molecule has 0 atom stereocenters. The number of halogens is 3. The van der Waals surface area contributed by atoms with Crippen LogP contribution in [0.15, 0.2) is 65.8 Å². The SMILES string of the molecule is N#Cc1ccc(COc2ccc(Cl)cc2/C=N/NCc2c(Cl)cccc2Cl)cc1. The first kappa shape index (κ1) is 21.0. The summed E-state index contributed by atoms with van der Waals surface area (Å²) in [5, 5.41) is 14.8. The maximum atomic E-state index is 8.88. The molecule has 0 heterocycles. The molecular formula is C22H16Cl3N3O. The first-order chi connectivity index (χ1) is 14.1. The molecule has 0 aliphatic heterocycles. The van der Waals surface area contributed by atoms with Crippen molar-refractivity contribution in [1.29, 1.82) is 5.26 Å². The number of hydrogen-bond donors (Lipinski definition) is 1. The van der Waals surface area contributed by atoms with Crippen molar-refractivity contribution in [2.75, 3.05) is 0 Å². The van der Waals surface area contributed by atoms with E-state index in [1.54, 1.807) is 54.7 Å². The summed E-state index contributed by atoms with van der Waals surface area (Å²) in [4.78, 5) is 0. The Balaban J connectivity index is 1.66. The third-order valence-corrected chi connectivity index (χ3v) is 5.00. The molecule has 0 bridgehead atoms. The van der Waals surface area contributed by atoms with Gasteiger partial charge in [0.1, 0.15) is 12.4 Å². The first-order valence-electron chi connectivity index (χ1n) is 8.67. The van der Waals surface area contributed by atoms with E-state index in [1.165, 1.54) is 0 Å². The second-order valence-electron chi connectivity index (χ2n) is 6.07. The van der Waals surface area contributed by atoms with Crippen molar-refractivity contribution in [1.82, 2.24) is 5.43 Å². The number of nitrogens with zero attached hydrogens (tertiary/aromatic N) is 2. The van der Waals surface area contributed by atoms with Gasteiger partial charge in [-0.3, -0.25) is 0 Å². The van der Waals surface area contributed by atoms with Gasteiger partial charge in [0.15, 0.2) is 0 Å². The normalized spacial score (nSPS) is 10.7. The molecule has 3 aromatic carbocycles. The fourth-order valence-corrected chi connectivity index (χ4v) is 3.24. The Bertz CT molecular complexity index is 1040. The van der Waals surface area contributed by atoms with Gasteiger partial charge in [0.2, 0.25) is 0 Å². The minimum Gasteiger partial charge on any atom is -0.488 e. The van der Waals surface area contributed by atoms with Gasteiger partial charge in [-0.1, -0.05) is 53.0 Å². The maximum Gasteiger partial charge on any atom is 0.128 e. The quantitative estimate of drug-likeness (QED) is 0.347. The van der Waals surface area contributed by atoms with Gasteiger partial charge in [0.25, 0.3) is 0 Å². The Morgan fingerprint density at radius 2 is 1.72 bits per heavy atom. The van der Waals surface area contributed by atoms with Crippen LogP contribution >= 0.6 is 34.8 Å². The van der Waals surface area contributed by atoms with E-state index in [-0.39, 0.29) is 0 Å². The molecule has 0 saturated carbocycles. The van der Waals surface area contributed by atoms with E-state index in [4.69, 9.17) is 44.8 Å². The van der Waals surface area contributed by atoms with E-state index in [1.807, 2.05) is 12.1 Å². The molecule has 29 heavy (non-hydrogen) atoms. The molecule has 0 unspecified atom stereocenters. The molecular weight excluding hydrogens is 429 g/mol. The molecule has 0 radical (unpaired) electrons. The lowest BCUT2D eigenvalue weighted by atomic mass is 10.1. The average Bonchev–Trinajstić information content (AvgIpc) is 2.72. The van der Waals surface area contributed by atoms with Crippen LogP contribution in [-0.2, 0) is 13.2 Å². The Morgan fingerprint density at radius 1 is 1.00 bits per heavy atom. The van der Waals surface area contributed by atoms with Gasteiger partial charge in [0, 0.05) is 26.2 Å². The lowest BCUT2D eigenvalue weighted by Gasteiger charge is -2.10. The van der Waals surface area contributed by atoms with E-state index in [9.17, 15) is 0 Å². The zero-order valence-electron chi connectivity index (χ0n) is 15.2. The molecule has 0 fully saturated rings. The summed E-state index contributed by atoms with van der Waals surface area (Å²) < 4.78 is 5.90. The minimum atomic E-state index is 0.358. The van der Waals surface area contributed by atoms with Crippen molar-refractivity contribution in [3.63, 3.8) is 0 Å². The van der Waals surface area contributed by atoms with Crippen molar-refractivity contribution in [3.05, 3.63) is 98.0 Å². The fourth-order valence-electron chi connectivity index (χ4n) is 2.53. The van der Waals surface area contributed by atoms with Crippen molar-refractivity contribution in [3.8, 4) is 11.8 Å². The summed E-state index contributed by atoms with van der Waals surface area (Å²) in [6.07, 6.45) is 1.63. The molecule has 0 saturated heterocycles. The molecule has 146 valence electrons. The van der Waals surface area contributed by atoms with Crippen LogP contribution in [0.25, 0.3) is 0 Å². The molecule has 0 aliphatic rings. The van der Waals surface area contributed by atoms with Crippen molar-refractivity contribution >= 4 is 41.0 Å². The highest BCUT2D eigenvalue weighted by molar-refractivity contribution is 6.36. The van der Waals surface area contributed by atoms with Crippen LogP contribution in [0.2, 0.25) is 15.1 Å². The number of rotatable bonds is 7. The summed E-state index contributed by atoms with van der Waals surface area (Å²) in [7, 11) is 0. The lowest BCUT2D eigenvalue weighted by Crippen LogP contribution is -2.07. The maximum absolute atomic E-state index is 8.88. The molecule has 3 rings (SSSR count). The van der Waals surface area contributed by atoms with Gasteiger partial charge in [-0.2, -0.15) is 10.4 Å². The molecule has 3 aromatic rings. The number of nitrogens with one attached hydrogen (secondary N) is 1. The number of hydrazone groups is 1. The monoisotopic (exact) mass is 443 g/mol. The van der Waals surface area contributed by atoms with Crippen LogP contribution in [-0.4, -0.2) is 6.21 Å². The van der Waals surface area contributed by atoms with Gasteiger partial charge >= 0.3 is 0 Å². The van der Waals surface area contributed by atoms with Crippen LogP contribution < -0.4 is 10.2 Å². The standard InChI is InChI=1S/C22H16Cl3N3O/c23-18-8-9-22(29-14-16-6-4-15(11-26)5-7-16)17(10-18)12-27-28-13-19-20(24)2-1-3-21(19)25/h1-10,12,28H,13-14H2/b27-12+. The first-order valence-corrected chi connectivity index (χ1v) is 9.80. The topological polar surface area (TPSA) is 57.4 Å². The second kappa shape index (κ2) is 10.2. The van der Waals surface area contributed by atoms with E-state index in [0.29, 0.717) is 39.5 Å². The third kappa shape index (κ3) is 5.88. The van der Waals surface area contributed by atoms with Gasteiger partial charge in [0.05, 0.1) is 24.4 Å². The largest absolute Gasteiger partial charge is 0.488 e.